The zero-order valence-electron chi connectivity index (χ0n) is 16.1. The number of piperidine rings is 1. The number of amides is 2. The lowest BCUT2D eigenvalue weighted by Gasteiger charge is -2.32. The summed E-state index contributed by atoms with van der Waals surface area (Å²) in [4.78, 5) is 27.2. The highest BCUT2D eigenvalue weighted by molar-refractivity contribution is 5.94. The molecule has 1 heterocycles. The van der Waals surface area contributed by atoms with Crippen molar-refractivity contribution in [3.8, 4) is 5.75 Å². The number of carbonyl (C=O) groups excluding carboxylic acids is 2. The zero-order chi connectivity index (χ0) is 19.5. The lowest BCUT2D eigenvalue weighted by atomic mass is 10.0. The van der Waals surface area contributed by atoms with Gasteiger partial charge in [-0.2, -0.15) is 0 Å². The molecule has 5 nitrogen and oxygen atoms in total. The Bertz CT molecular complexity index is 835. The summed E-state index contributed by atoms with van der Waals surface area (Å²) in [5, 5.41) is 3.16. The van der Waals surface area contributed by atoms with Crippen molar-refractivity contribution in [2.75, 3.05) is 13.2 Å². The first-order valence-corrected chi connectivity index (χ1v) is 10.0. The summed E-state index contributed by atoms with van der Waals surface area (Å²) in [6.45, 7) is 3.33. The van der Waals surface area contributed by atoms with Crippen LogP contribution in [0.3, 0.4) is 0 Å². The van der Waals surface area contributed by atoms with Gasteiger partial charge in [-0.15, -0.1) is 0 Å². The van der Waals surface area contributed by atoms with Crippen LogP contribution >= 0.6 is 0 Å². The first kappa shape index (κ1) is 18.5. The van der Waals surface area contributed by atoms with Gasteiger partial charge in [0.1, 0.15) is 5.75 Å². The van der Waals surface area contributed by atoms with Gasteiger partial charge in [0.15, 0.2) is 0 Å². The number of benzene rings is 2. The van der Waals surface area contributed by atoms with Gasteiger partial charge in [0, 0.05) is 24.2 Å². The minimum absolute atomic E-state index is 0.0228. The van der Waals surface area contributed by atoms with Crippen LogP contribution < -0.4 is 10.1 Å². The van der Waals surface area contributed by atoms with Gasteiger partial charge in [-0.1, -0.05) is 30.3 Å². The van der Waals surface area contributed by atoms with Crippen molar-refractivity contribution in [3.05, 3.63) is 65.7 Å². The molecule has 0 radical (unpaired) electrons. The zero-order valence-corrected chi connectivity index (χ0v) is 16.1. The molecule has 1 aliphatic heterocycles. The van der Waals surface area contributed by atoms with Gasteiger partial charge in [-0.05, 0) is 55.5 Å². The Morgan fingerprint density at radius 2 is 1.82 bits per heavy atom. The summed E-state index contributed by atoms with van der Waals surface area (Å²) in [6, 6.07) is 17.4. The number of rotatable bonds is 6. The van der Waals surface area contributed by atoms with Crippen LogP contribution in [0.5, 0.6) is 5.75 Å². The van der Waals surface area contributed by atoms with Crippen LogP contribution in [-0.4, -0.2) is 41.9 Å². The highest BCUT2D eigenvalue weighted by Crippen LogP contribution is 2.38. The fraction of sp³-hybridized carbons (Fsp3) is 0.391. The summed E-state index contributed by atoms with van der Waals surface area (Å²) in [6.07, 6.45) is 2.24. The summed E-state index contributed by atoms with van der Waals surface area (Å²) in [7, 11) is 0. The Morgan fingerprint density at radius 1 is 1.07 bits per heavy atom. The molecule has 2 aromatic carbocycles. The maximum atomic E-state index is 12.8. The Kier molecular flexibility index (Phi) is 5.33. The number of nitrogens with zero attached hydrogens (tertiary/aromatic N) is 1. The number of fused-ring (bicyclic) bond motifs is 2. The number of ether oxygens (including phenoxy) is 1. The van der Waals surface area contributed by atoms with Crippen LogP contribution in [0.2, 0.25) is 0 Å². The van der Waals surface area contributed by atoms with E-state index < -0.39 is 0 Å². The van der Waals surface area contributed by atoms with Crippen molar-refractivity contribution in [2.24, 2.45) is 5.92 Å². The molecule has 2 fully saturated rings. The number of likely N-dealkylation sites (tertiary alicyclic amines) is 1. The Balaban J connectivity index is 1.31. The van der Waals surface area contributed by atoms with Gasteiger partial charge in [-0.25, -0.2) is 0 Å². The van der Waals surface area contributed by atoms with Gasteiger partial charge in [0.25, 0.3) is 5.91 Å². The minimum atomic E-state index is -0.0228. The Morgan fingerprint density at radius 3 is 2.46 bits per heavy atom. The molecule has 0 spiro atoms. The van der Waals surface area contributed by atoms with Crippen LogP contribution in [0.25, 0.3) is 0 Å². The van der Waals surface area contributed by atoms with E-state index in [0.717, 1.165) is 30.7 Å². The van der Waals surface area contributed by atoms with Gasteiger partial charge >= 0.3 is 0 Å². The molecular weight excluding hydrogens is 352 g/mol. The Labute approximate surface area is 165 Å². The van der Waals surface area contributed by atoms with Crippen molar-refractivity contribution in [3.63, 3.8) is 0 Å². The lowest BCUT2D eigenvalue weighted by Crippen LogP contribution is -2.48. The predicted molar refractivity (Wildman–Crippen MR) is 107 cm³/mol. The maximum Gasteiger partial charge on any atom is 0.251 e. The number of carbonyl (C=O) groups is 2. The van der Waals surface area contributed by atoms with Crippen LogP contribution in [0.15, 0.2) is 54.6 Å². The second-order valence-electron chi connectivity index (χ2n) is 7.63. The summed E-state index contributed by atoms with van der Waals surface area (Å²) >= 11 is 0. The van der Waals surface area contributed by atoms with Gasteiger partial charge in [0.2, 0.25) is 5.91 Å². The van der Waals surface area contributed by atoms with Crippen molar-refractivity contribution < 1.29 is 14.3 Å². The lowest BCUT2D eigenvalue weighted by molar-refractivity contribution is -0.132. The molecule has 1 saturated carbocycles. The van der Waals surface area contributed by atoms with E-state index in [1.54, 1.807) is 0 Å². The van der Waals surface area contributed by atoms with Crippen molar-refractivity contribution >= 4 is 11.8 Å². The molecule has 3 atom stereocenters. The number of hydrogen-bond donors (Lipinski definition) is 1. The first-order valence-electron chi connectivity index (χ1n) is 10.0. The average Bonchev–Trinajstić information content (AvgIpc) is 3.31. The fourth-order valence-corrected chi connectivity index (χ4v) is 4.42. The topological polar surface area (TPSA) is 58.6 Å². The molecule has 2 aromatic rings. The van der Waals surface area contributed by atoms with Crippen molar-refractivity contribution in [1.82, 2.24) is 10.2 Å². The largest absolute Gasteiger partial charge is 0.494 e. The van der Waals surface area contributed by atoms with E-state index in [4.69, 9.17) is 4.74 Å². The van der Waals surface area contributed by atoms with E-state index in [0.29, 0.717) is 24.5 Å². The third-order valence-electron chi connectivity index (χ3n) is 5.80. The SMILES string of the molecule is CCOc1ccc(CC(=O)N2C[C@@H]3C[C@H]2C[C@@H]3NC(=O)c2ccccc2)cc1. The van der Waals surface area contributed by atoms with E-state index in [1.165, 1.54) is 0 Å². The molecule has 2 bridgehead atoms. The third kappa shape index (κ3) is 3.88. The predicted octanol–water partition coefficient (Wildman–Crippen LogP) is 3.05. The third-order valence-corrected chi connectivity index (χ3v) is 5.80. The highest BCUT2D eigenvalue weighted by atomic mass is 16.5. The molecule has 146 valence electrons. The van der Waals surface area contributed by atoms with Crippen LogP contribution in [-0.2, 0) is 11.2 Å². The van der Waals surface area contributed by atoms with E-state index in [1.807, 2.05) is 66.4 Å². The molecule has 0 unspecified atom stereocenters. The molecular formula is C23H26N2O3. The molecule has 1 aliphatic carbocycles. The van der Waals surface area contributed by atoms with Gasteiger partial charge < -0.3 is 15.0 Å². The standard InChI is InChI=1S/C23H26N2O3/c1-2-28-20-10-8-16(9-11-20)12-22(26)25-15-18-13-19(25)14-21(18)24-23(27)17-6-4-3-5-7-17/h3-11,18-19,21H,2,12-15H2,1H3,(H,24,27)/t18-,19-,21-/m0/s1. The van der Waals surface area contributed by atoms with Gasteiger partial charge in [0.05, 0.1) is 13.0 Å². The molecule has 2 aliphatic rings. The first-order chi connectivity index (χ1) is 13.6. The average molecular weight is 378 g/mol. The molecule has 4 rings (SSSR count). The van der Waals surface area contributed by atoms with Gasteiger partial charge in [-0.3, -0.25) is 9.59 Å². The second-order valence-corrected chi connectivity index (χ2v) is 7.63. The smallest absolute Gasteiger partial charge is 0.251 e. The minimum Gasteiger partial charge on any atom is -0.494 e. The molecule has 28 heavy (non-hydrogen) atoms. The molecule has 1 N–H and O–H groups in total. The van der Waals surface area contributed by atoms with Crippen LogP contribution in [0.1, 0.15) is 35.7 Å². The molecule has 1 saturated heterocycles. The molecule has 0 aromatic heterocycles. The summed E-state index contributed by atoms with van der Waals surface area (Å²) in [5.41, 5.74) is 1.69. The van der Waals surface area contributed by atoms with E-state index in [2.05, 4.69) is 5.32 Å². The summed E-state index contributed by atoms with van der Waals surface area (Å²) < 4.78 is 5.45. The quantitative estimate of drug-likeness (QED) is 0.841. The second kappa shape index (κ2) is 8.05. The summed E-state index contributed by atoms with van der Waals surface area (Å²) in [5.74, 6) is 1.33. The molecule has 5 heteroatoms. The van der Waals surface area contributed by atoms with Crippen LogP contribution in [0.4, 0.5) is 0 Å². The number of nitrogens with one attached hydrogen (secondary N) is 1. The number of hydrogen-bond acceptors (Lipinski definition) is 3. The monoisotopic (exact) mass is 378 g/mol. The van der Waals surface area contributed by atoms with Crippen molar-refractivity contribution in [1.29, 1.82) is 0 Å². The normalized spacial score (nSPS) is 22.9. The maximum absolute atomic E-state index is 12.8. The highest BCUT2D eigenvalue weighted by Gasteiger charge is 2.46. The van der Waals surface area contributed by atoms with E-state index in [9.17, 15) is 9.59 Å². The fourth-order valence-electron chi connectivity index (χ4n) is 4.42. The van der Waals surface area contributed by atoms with Crippen LogP contribution in [0, 0.1) is 5.92 Å². The van der Waals surface area contributed by atoms with E-state index in [-0.39, 0.29) is 23.9 Å². The van der Waals surface area contributed by atoms with E-state index >= 15 is 0 Å². The molecule has 2 amide bonds. The van der Waals surface area contributed by atoms with Crippen molar-refractivity contribution in [2.45, 2.75) is 38.3 Å². The Hall–Kier alpha value is -2.82.